The monoisotopic (exact) mass is 519 g/mol. The molecule has 2 aromatic rings. The van der Waals surface area contributed by atoms with Crippen LogP contribution in [0.25, 0.3) is 0 Å². The average molecular weight is 520 g/mol. The zero-order chi connectivity index (χ0) is 27.1. The van der Waals surface area contributed by atoms with Crippen molar-refractivity contribution in [3.05, 3.63) is 65.2 Å². The predicted molar refractivity (Wildman–Crippen MR) is 152 cm³/mol. The molecule has 2 heterocycles. The predicted octanol–water partition coefficient (Wildman–Crippen LogP) is 6.08. The van der Waals surface area contributed by atoms with Crippen LogP contribution in [0.15, 0.2) is 48.5 Å². The van der Waals surface area contributed by atoms with Crippen LogP contribution in [-0.2, 0) is 11.3 Å². The molecule has 1 spiro atoms. The highest BCUT2D eigenvalue weighted by Crippen LogP contribution is 2.52. The molecule has 2 aromatic carbocycles. The van der Waals surface area contributed by atoms with E-state index in [1.165, 1.54) is 29.5 Å². The van der Waals surface area contributed by atoms with Crippen molar-refractivity contribution in [2.45, 2.75) is 77.6 Å². The Hall–Kier alpha value is -2.57. The molecule has 1 saturated carbocycles. The fraction of sp³-hybridized carbons (Fsp3) is 0.594. The van der Waals surface area contributed by atoms with Crippen molar-refractivity contribution in [2.75, 3.05) is 39.8 Å². The van der Waals surface area contributed by atoms with Crippen LogP contribution in [0.2, 0.25) is 0 Å². The zero-order valence-electron chi connectivity index (χ0n) is 24.1. The van der Waals surface area contributed by atoms with Gasteiger partial charge in [0, 0.05) is 56.8 Å². The molecule has 0 N–H and O–H groups in total. The van der Waals surface area contributed by atoms with Gasteiger partial charge in [0.05, 0.1) is 7.11 Å². The second-order valence-corrected chi connectivity index (χ2v) is 13.0. The molecule has 0 radical (unpaired) electrons. The lowest BCUT2D eigenvalue weighted by molar-refractivity contribution is -0.124. The summed E-state index contributed by atoms with van der Waals surface area (Å²) >= 11 is 0. The summed E-state index contributed by atoms with van der Waals surface area (Å²) in [5.74, 6) is 1.40. The van der Waals surface area contributed by atoms with Gasteiger partial charge in [0.15, 0.2) is 0 Å². The molecule has 6 nitrogen and oxygen atoms in total. The summed E-state index contributed by atoms with van der Waals surface area (Å²) in [7, 11) is 1.72. The molecule has 206 valence electrons. The van der Waals surface area contributed by atoms with Gasteiger partial charge >= 0.3 is 6.09 Å². The van der Waals surface area contributed by atoms with Gasteiger partial charge in [0.1, 0.15) is 11.4 Å². The van der Waals surface area contributed by atoms with Crippen LogP contribution in [-0.4, -0.2) is 72.3 Å². The van der Waals surface area contributed by atoms with Crippen LogP contribution in [0.1, 0.15) is 76.1 Å². The van der Waals surface area contributed by atoms with Gasteiger partial charge in [-0.15, -0.1) is 0 Å². The largest absolute Gasteiger partial charge is 0.497 e. The Kier molecular flexibility index (Phi) is 7.49. The molecule has 3 fully saturated rings. The molecular weight excluding hydrogens is 474 g/mol. The Morgan fingerprint density at radius 2 is 1.71 bits per heavy atom. The SMILES string of the molecule is COc1ccc(CN2CCN(C3CC4(C3)CN(C(=O)OC(C)(C)C)C4)C(c3ccccc3C(C)C)C2)cc1. The van der Waals surface area contributed by atoms with Crippen molar-refractivity contribution in [3.63, 3.8) is 0 Å². The number of amides is 1. The van der Waals surface area contributed by atoms with Crippen molar-refractivity contribution in [1.82, 2.24) is 14.7 Å². The number of hydrogen-bond acceptors (Lipinski definition) is 5. The van der Waals surface area contributed by atoms with Crippen molar-refractivity contribution in [1.29, 1.82) is 0 Å². The first-order valence-electron chi connectivity index (χ1n) is 14.2. The minimum Gasteiger partial charge on any atom is -0.497 e. The molecule has 5 rings (SSSR count). The Labute approximate surface area is 228 Å². The highest BCUT2D eigenvalue weighted by Gasteiger charge is 2.56. The van der Waals surface area contributed by atoms with Crippen LogP contribution in [0.3, 0.4) is 0 Å². The number of rotatable bonds is 6. The number of piperazine rings is 1. The zero-order valence-corrected chi connectivity index (χ0v) is 24.1. The number of likely N-dealkylation sites (tertiary alicyclic amines) is 1. The van der Waals surface area contributed by atoms with Gasteiger partial charge in [-0.1, -0.05) is 50.2 Å². The third kappa shape index (κ3) is 5.72. The van der Waals surface area contributed by atoms with Crippen LogP contribution >= 0.6 is 0 Å². The number of carbonyl (C=O) groups excluding carboxylic acids is 1. The lowest BCUT2D eigenvalue weighted by atomic mass is 9.60. The van der Waals surface area contributed by atoms with Crippen molar-refractivity contribution in [3.8, 4) is 5.75 Å². The minimum absolute atomic E-state index is 0.164. The third-order valence-electron chi connectivity index (χ3n) is 8.56. The minimum atomic E-state index is -0.440. The molecule has 38 heavy (non-hydrogen) atoms. The molecule has 6 heteroatoms. The maximum absolute atomic E-state index is 12.5. The first-order valence-corrected chi connectivity index (χ1v) is 14.2. The normalized spacial score (nSPS) is 22.3. The summed E-state index contributed by atoms with van der Waals surface area (Å²) in [5, 5.41) is 0. The van der Waals surface area contributed by atoms with Gasteiger partial charge in [-0.3, -0.25) is 9.80 Å². The van der Waals surface area contributed by atoms with Crippen molar-refractivity contribution < 1.29 is 14.3 Å². The second-order valence-electron chi connectivity index (χ2n) is 13.0. The van der Waals surface area contributed by atoms with E-state index in [4.69, 9.17) is 9.47 Å². The average Bonchev–Trinajstić information content (AvgIpc) is 2.82. The maximum atomic E-state index is 12.5. The molecule has 1 amide bonds. The van der Waals surface area contributed by atoms with Gasteiger partial charge in [-0.05, 0) is 68.4 Å². The molecule has 3 aliphatic rings. The molecule has 2 saturated heterocycles. The lowest BCUT2D eigenvalue weighted by Gasteiger charge is -2.62. The van der Waals surface area contributed by atoms with Crippen molar-refractivity contribution >= 4 is 6.09 Å². The van der Waals surface area contributed by atoms with E-state index in [9.17, 15) is 4.79 Å². The highest BCUT2D eigenvalue weighted by atomic mass is 16.6. The molecule has 0 bridgehead atoms. The van der Waals surface area contributed by atoms with Crippen LogP contribution in [0.4, 0.5) is 4.79 Å². The summed E-state index contributed by atoms with van der Waals surface area (Å²) < 4.78 is 10.9. The van der Waals surface area contributed by atoms with Gasteiger partial charge in [0.25, 0.3) is 0 Å². The van der Waals surface area contributed by atoms with Gasteiger partial charge in [-0.25, -0.2) is 4.79 Å². The van der Waals surface area contributed by atoms with E-state index in [0.29, 0.717) is 18.0 Å². The molecular formula is C32H45N3O3. The third-order valence-corrected chi connectivity index (χ3v) is 8.56. The van der Waals surface area contributed by atoms with Gasteiger partial charge in [-0.2, -0.15) is 0 Å². The van der Waals surface area contributed by atoms with Crippen LogP contribution < -0.4 is 4.74 Å². The Morgan fingerprint density at radius 1 is 1.03 bits per heavy atom. The lowest BCUT2D eigenvalue weighted by Crippen LogP contribution is -2.69. The van der Waals surface area contributed by atoms with E-state index in [0.717, 1.165) is 45.0 Å². The first kappa shape index (κ1) is 27.0. The number of benzene rings is 2. The van der Waals surface area contributed by atoms with E-state index in [1.807, 2.05) is 25.7 Å². The van der Waals surface area contributed by atoms with Crippen molar-refractivity contribution in [2.24, 2.45) is 5.41 Å². The molecule has 2 aliphatic heterocycles. The summed E-state index contributed by atoms with van der Waals surface area (Å²) in [5.41, 5.74) is 4.11. The van der Waals surface area contributed by atoms with Gasteiger partial charge < -0.3 is 14.4 Å². The fourth-order valence-corrected chi connectivity index (χ4v) is 6.69. The van der Waals surface area contributed by atoms with Crippen LogP contribution in [0.5, 0.6) is 5.75 Å². The summed E-state index contributed by atoms with van der Waals surface area (Å²) in [6.45, 7) is 16.2. The quantitative estimate of drug-likeness (QED) is 0.463. The van der Waals surface area contributed by atoms with E-state index in [2.05, 4.69) is 72.2 Å². The van der Waals surface area contributed by atoms with E-state index < -0.39 is 5.60 Å². The topological polar surface area (TPSA) is 45.2 Å². The van der Waals surface area contributed by atoms with E-state index in [-0.39, 0.29) is 11.5 Å². The smallest absolute Gasteiger partial charge is 0.410 e. The van der Waals surface area contributed by atoms with E-state index >= 15 is 0 Å². The Morgan fingerprint density at radius 3 is 2.34 bits per heavy atom. The standard InChI is InChI=1S/C32H45N3O3/c1-23(2)27-9-7-8-10-28(27)29-20-33(19-24-11-13-26(37-6)14-12-24)15-16-35(29)25-17-32(18-25)21-34(22-32)30(36)38-31(3,4)5/h7-14,23,25,29H,15-22H2,1-6H3. The second kappa shape index (κ2) is 10.5. The molecule has 1 atom stereocenters. The maximum Gasteiger partial charge on any atom is 0.410 e. The summed E-state index contributed by atoms with van der Waals surface area (Å²) in [4.78, 5) is 19.8. The fourth-order valence-electron chi connectivity index (χ4n) is 6.69. The van der Waals surface area contributed by atoms with Gasteiger partial charge in [0.2, 0.25) is 0 Å². The highest BCUT2D eigenvalue weighted by molar-refractivity contribution is 5.69. The number of hydrogen-bond donors (Lipinski definition) is 0. The first-order chi connectivity index (χ1) is 18.1. The Balaban J connectivity index is 1.28. The molecule has 1 unspecified atom stereocenters. The number of ether oxygens (including phenoxy) is 2. The number of carbonyl (C=O) groups is 1. The summed E-state index contributed by atoms with van der Waals surface area (Å²) in [6.07, 6.45) is 2.18. The molecule has 1 aliphatic carbocycles. The molecule has 0 aromatic heterocycles. The van der Waals surface area contributed by atoms with Crippen LogP contribution in [0, 0.1) is 5.41 Å². The number of nitrogens with zero attached hydrogens (tertiary/aromatic N) is 3. The van der Waals surface area contributed by atoms with E-state index in [1.54, 1.807) is 7.11 Å². The number of methoxy groups -OCH3 is 1. The Bertz CT molecular complexity index is 1110. The summed E-state index contributed by atoms with van der Waals surface area (Å²) in [6, 6.07) is 18.5.